The van der Waals surface area contributed by atoms with Crippen molar-refractivity contribution in [3.63, 3.8) is 0 Å². The summed E-state index contributed by atoms with van der Waals surface area (Å²) in [6, 6.07) is 9.74. The number of aromatic nitrogens is 3. The first-order valence-electron chi connectivity index (χ1n) is 9.52. The van der Waals surface area contributed by atoms with E-state index in [2.05, 4.69) is 32.8 Å². The van der Waals surface area contributed by atoms with Crippen molar-refractivity contribution < 1.29 is 4.79 Å². The lowest BCUT2D eigenvalue weighted by atomic mass is 10.1. The van der Waals surface area contributed by atoms with Gasteiger partial charge in [-0.15, -0.1) is 0 Å². The monoisotopic (exact) mass is 373 g/mol. The van der Waals surface area contributed by atoms with Gasteiger partial charge in [-0.25, -0.2) is 9.97 Å². The Kier molecular flexibility index (Phi) is 5.28. The molecule has 2 aromatic heterocycles. The van der Waals surface area contributed by atoms with E-state index in [9.17, 15) is 4.79 Å². The molecule has 0 unspecified atom stereocenters. The van der Waals surface area contributed by atoms with Gasteiger partial charge in [-0.2, -0.15) is 0 Å². The summed E-state index contributed by atoms with van der Waals surface area (Å²) in [5.41, 5.74) is 5.04. The molecular weight excluding hydrogens is 350 g/mol. The third-order valence-electron chi connectivity index (χ3n) is 5.14. The molecule has 6 heteroatoms. The Morgan fingerprint density at radius 1 is 0.857 bits per heavy atom. The number of aryl methyl sites for hydroxylation is 1. The quantitative estimate of drug-likeness (QED) is 0.706. The van der Waals surface area contributed by atoms with Gasteiger partial charge in [0.1, 0.15) is 6.33 Å². The molecule has 6 nitrogen and oxygen atoms in total. The van der Waals surface area contributed by atoms with Crippen LogP contribution in [0, 0.1) is 6.92 Å². The summed E-state index contributed by atoms with van der Waals surface area (Å²) in [4.78, 5) is 29.6. The maximum atomic E-state index is 13.0. The summed E-state index contributed by atoms with van der Waals surface area (Å²) < 4.78 is 0. The van der Waals surface area contributed by atoms with Crippen LogP contribution >= 0.6 is 0 Å². The van der Waals surface area contributed by atoms with E-state index in [1.807, 2.05) is 41.6 Å². The molecule has 3 aromatic rings. The van der Waals surface area contributed by atoms with Crippen molar-refractivity contribution >= 4 is 11.6 Å². The molecule has 1 saturated heterocycles. The minimum Gasteiger partial charge on any atom is -0.369 e. The predicted octanol–water partition coefficient (Wildman–Crippen LogP) is 3.20. The molecule has 0 radical (unpaired) electrons. The van der Waals surface area contributed by atoms with Crippen LogP contribution < -0.4 is 4.90 Å². The summed E-state index contributed by atoms with van der Waals surface area (Å²) in [7, 11) is 0. The van der Waals surface area contributed by atoms with Crippen LogP contribution in [-0.4, -0.2) is 51.9 Å². The Bertz CT molecular complexity index is 943. The summed E-state index contributed by atoms with van der Waals surface area (Å²) in [5, 5.41) is 0. The first-order valence-corrected chi connectivity index (χ1v) is 9.52. The van der Waals surface area contributed by atoms with Crippen molar-refractivity contribution in [2.75, 3.05) is 31.1 Å². The third kappa shape index (κ3) is 3.86. The topological polar surface area (TPSA) is 62.2 Å². The Morgan fingerprint density at radius 2 is 1.64 bits per heavy atom. The van der Waals surface area contributed by atoms with Gasteiger partial charge in [0.15, 0.2) is 0 Å². The molecule has 3 heterocycles. The number of benzene rings is 1. The van der Waals surface area contributed by atoms with Crippen LogP contribution in [0.1, 0.15) is 22.3 Å². The van der Waals surface area contributed by atoms with Gasteiger partial charge in [0, 0.05) is 67.8 Å². The molecule has 0 spiro atoms. The SMILES string of the molecule is Cc1cnccc1N1CCCN(C(=O)c2ccc(-c3cncnc3)cc2)CC1. The van der Waals surface area contributed by atoms with Gasteiger partial charge in [0.25, 0.3) is 5.91 Å². The van der Waals surface area contributed by atoms with E-state index in [1.54, 1.807) is 12.4 Å². The second-order valence-corrected chi connectivity index (χ2v) is 7.00. The van der Waals surface area contributed by atoms with Gasteiger partial charge in [0.05, 0.1) is 0 Å². The van der Waals surface area contributed by atoms with Crippen LogP contribution in [0.15, 0.2) is 61.4 Å². The highest BCUT2D eigenvalue weighted by Gasteiger charge is 2.21. The van der Waals surface area contributed by atoms with E-state index < -0.39 is 0 Å². The number of carbonyl (C=O) groups excluding carboxylic acids is 1. The van der Waals surface area contributed by atoms with Gasteiger partial charge in [0.2, 0.25) is 0 Å². The predicted molar refractivity (Wildman–Crippen MR) is 109 cm³/mol. The average Bonchev–Trinajstić information content (AvgIpc) is 3.00. The number of hydrogen-bond acceptors (Lipinski definition) is 5. The summed E-state index contributed by atoms with van der Waals surface area (Å²) >= 11 is 0. The standard InChI is InChI=1S/C22H23N5O/c1-17-13-23-8-7-21(17)26-9-2-10-27(12-11-26)22(28)19-5-3-18(4-6-19)20-14-24-16-25-15-20/h3-8,13-16H,2,9-12H2,1H3. The summed E-state index contributed by atoms with van der Waals surface area (Å²) in [6.45, 7) is 5.34. The van der Waals surface area contributed by atoms with Crippen LogP contribution in [-0.2, 0) is 0 Å². The average molecular weight is 373 g/mol. The van der Waals surface area contributed by atoms with E-state index in [1.165, 1.54) is 17.6 Å². The van der Waals surface area contributed by atoms with Crippen molar-refractivity contribution in [2.24, 2.45) is 0 Å². The Labute approximate surface area is 164 Å². The summed E-state index contributed by atoms with van der Waals surface area (Å²) in [5.74, 6) is 0.0872. The first-order chi connectivity index (χ1) is 13.7. The smallest absolute Gasteiger partial charge is 0.253 e. The van der Waals surface area contributed by atoms with Crippen molar-refractivity contribution in [3.05, 3.63) is 72.6 Å². The molecule has 1 aromatic carbocycles. The highest BCUT2D eigenvalue weighted by molar-refractivity contribution is 5.94. The molecule has 1 fully saturated rings. The second-order valence-electron chi connectivity index (χ2n) is 7.00. The molecule has 0 aliphatic carbocycles. The number of amides is 1. The Morgan fingerprint density at radius 3 is 2.39 bits per heavy atom. The van der Waals surface area contributed by atoms with E-state index in [-0.39, 0.29) is 5.91 Å². The Hall–Kier alpha value is -3.28. The highest BCUT2D eigenvalue weighted by Crippen LogP contribution is 2.22. The van der Waals surface area contributed by atoms with E-state index in [0.717, 1.165) is 43.7 Å². The highest BCUT2D eigenvalue weighted by atomic mass is 16.2. The first kappa shape index (κ1) is 18.1. The minimum absolute atomic E-state index is 0.0872. The molecule has 0 saturated carbocycles. The molecule has 4 rings (SSSR count). The lowest BCUT2D eigenvalue weighted by Crippen LogP contribution is -2.35. The fourth-order valence-corrected chi connectivity index (χ4v) is 3.62. The maximum Gasteiger partial charge on any atom is 0.253 e. The van der Waals surface area contributed by atoms with Gasteiger partial charge < -0.3 is 9.80 Å². The maximum absolute atomic E-state index is 13.0. The summed E-state index contributed by atoms with van der Waals surface area (Å²) in [6.07, 6.45) is 9.73. The molecule has 1 amide bonds. The minimum atomic E-state index is 0.0872. The number of hydrogen-bond donors (Lipinski definition) is 0. The van der Waals surface area contributed by atoms with Crippen molar-refractivity contribution in [3.8, 4) is 11.1 Å². The fourth-order valence-electron chi connectivity index (χ4n) is 3.62. The molecule has 0 bridgehead atoms. The third-order valence-corrected chi connectivity index (χ3v) is 5.14. The van der Waals surface area contributed by atoms with Crippen LogP contribution in [0.2, 0.25) is 0 Å². The van der Waals surface area contributed by atoms with E-state index in [0.29, 0.717) is 5.56 Å². The largest absolute Gasteiger partial charge is 0.369 e. The fraction of sp³-hybridized carbons (Fsp3) is 0.273. The molecule has 0 atom stereocenters. The molecule has 28 heavy (non-hydrogen) atoms. The zero-order valence-electron chi connectivity index (χ0n) is 16.0. The van der Waals surface area contributed by atoms with Gasteiger partial charge >= 0.3 is 0 Å². The van der Waals surface area contributed by atoms with E-state index in [4.69, 9.17) is 0 Å². The van der Waals surface area contributed by atoms with E-state index >= 15 is 0 Å². The number of carbonyl (C=O) groups is 1. The Balaban J connectivity index is 1.44. The molecule has 1 aliphatic heterocycles. The molecule has 0 N–H and O–H groups in total. The number of anilines is 1. The number of nitrogens with zero attached hydrogens (tertiary/aromatic N) is 5. The van der Waals surface area contributed by atoms with Gasteiger partial charge in [-0.05, 0) is 42.7 Å². The van der Waals surface area contributed by atoms with Gasteiger partial charge in [-0.1, -0.05) is 12.1 Å². The molecular formula is C22H23N5O. The van der Waals surface area contributed by atoms with Crippen molar-refractivity contribution in [2.45, 2.75) is 13.3 Å². The van der Waals surface area contributed by atoms with Crippen molar-refractivity contribution in [1.82, 2.24) is 19.9 Å². The number of pyridine rings is 1. The molecule has 1 aliphatic rings. The van der Waals surface area contributed by atoms with Crippen molar-refractivity contribution in [1.29, 1.82) is 0 Å². The zero-order chi connectivity index (χ0) is 19.3. The lowest BCUT2D eigenvalue weighted by Gasteiger charge is -2.25. The van der Waals surface area contributed by atoms with Crippen LogP contribution in [0.5, 0.6) is 0 Å². The van der Waals surface area contributed by atoms with Crippen LogP contribution in [0.3, 0.4) is 0 Å². The molecule has 142 valence electrons. The second kappa shape index (κ2) is 8.17. The zero-order valence-corrected chi connectivity index (χ0v) is 16.0. The van der Waals surface area contributed by atoms with Gasteiger partial charge in [-0.3, -0.25) is 9.78 Å². The normalized spacial score (nSPS) is 14.6. The van der Waals surface area contributed by atoms with Crippen LogP contribution in [0.25, 0.3) is 11.1 Å². The van der Waals surface area contributed by atoms with Crippen LogP contribution in [0.4, 0.5) is 5.69 Å². The number of rotatable bonds is 3. The lowest BCUT2D eigenvalue weighted by molar-refractivity contribution is 0.0767.